The van der Waals surface area contributed by atoms with Gasteiger partial charge in [0.15, 0.2) is 0 Å². The van der Waals surface area contributed by atoms with Gasteiger partial charge in [-0.25, -0.2) is 4.79 Å². The molecule has 0 atom stereocenters. The second-order valence-electron chi connectivity index (χ2n) is 0.694. The summed E-state index contributed by atoms with van der Waals surface area (Å²) in [6.07, 6.45) is -0.162. The van der Waals surface area contributed by atoms with Crippen LogP contribution in [0.15, 0.2) is 0 Å². The van der Waals surface area contributed by atoms with Crippen LogP contribution in [-0.2, 0) is 4.84 Å². The summed E-state index contributed by atoms with van der Waals surface area (Å²) in [7, 11) is 0. The predicted octanol–water partition coefficient (Wildman–Crippen LogP) is -0.807. The van der Waals surface area contributed by atoms with Gasteiger partial charge < -0.3 is 4.84 Å². The summed E-state index contributed by atoms with van der Waals surface area (Å²) in [4.78, 5) is 13.4. The maximum atomic E-state index is 9.80. The zero-order valence-electron chi connectivity index (χ0n) is 3.47. The Morgan fingerprint density at radius 1 is 2.00 bits per heavy atom. The van der Waals surface area contributed by atoms with Crippen molar-refractivity contribution < 1.29 is 9.63 Å². The minimum atomic E-state index is -0.838. The Hall–Kier alpha value is -1.10. The van der Waals surface area contributed by atoms with Gasteiger partial charge in [-0.1, -0.05) is 0 Å². The van der Waals surface area contributed by atoms with Crippen molar-refractivity contribution in [2.75, 3.05) is 0 Å². The van der Waals surface area contributed by atoms with Crippen molar-refractivity contribution in [2.45, 2.75) is 0 Å². The largest absolute Gasteiger partial charge is 0.431 e. The van der Waals surface area contributed by atoms with Gasteiger partial charge in [0.1, 0.15) is 0 Å². The van der Waals surface area contributed by atoms with E-state index in [1.807, 2.05) is 5.32 Å². The molecule has 0 radical (unpaired) electrons. The third-order valence-corrected chi connectivity index (χ3v) is 0.297. The van der Waals surface area contributed by atoms with Crippen molar-refractivity contribution in [3.05, 3.63) is 0 Å². The van der Waals surface area contributed by atoms with Crippen molar-refractivity contribution in [3.63, 3.8) is 0 Å². The Balaban J connectivity index is 3.17. The molecule has 0 unspecified atom stereocenters. The smallest absolute Gasteiger partial charge is 0.357 e. The SMILES string of the molecule is N=CNC(=O)ON. The predicted molar refractivity (Wildman–Crippen MR) is 22.6 cm³/mol. The van der Waals surface area contributed by atoms with Gasteiger partial charge in [0.05, 0.1) is 6.34 Å². The molecule has 5 nitrogen and oxygen atoms in total. The van der Waals surface area contributed by atoms with E-state index in [2.05, 4.69) is 10.7 Å². The van der Waals surface area contributed by atoms with Crippen LogP contribution in [0.1, 0.15) is 0 Å². The number of carbonyl (C=O) groups excluding carboxylic acids is 1. The topological polar surface area (TPSA) is 88.2 Å². The fourth-order valence-electron chi connectivity index (χ4n) is 0.0929. The Labute approximate surface area is 39.9 Å². The molecule has 0 saturated carbocycles. The molecule has 0 aromatic carbocycles. The van der Waals surface area contributed by atoms with Gasteiger partial charge in [-0.15, -0.1) is 0 Å². The van der Waals surface area contributed by atoms with Crippen LogP contribution in [0.3, 0.4) is 0 Å². The maximum absolute atomic E-state index is 9.80. The van der Waals surface area contributed by atoms with Gasteiger partial charge in [-0.05, 0) is 0 Å². The van der Waals surface area contributed by atoms with Crippen LogP contribution in [0, 0.1) is 5.41 Å². The number of nitrogens with two attached hydrogens (primary N) is 1. The molecule has 0 aromatic heterocycles. The van der Waals surface area contributed by atoms with E-state index in [0.717, 1.165) is 0 Å². The molecule has 0 aromatic rings. The Kier molecular flexibility index (Phi) is 2.62. The number of hydrogen-bond acceptors (Lipinski definition) is 4. The van der Waals surface area contributed by atoms with Crippen LogP contribution in [0.5, 0.6) is 0 Å². The molecule has 0 bridgehead atoms. The maximum Gasteiger partial charge on any atom is 0.431 e. The lowest BCUT2D eigenvalue weighted by molar-refractivity contribution is 0.154. The van der Waals surface area contributed by atoms with Crippen LogP contribution in [0.4, 0.5) is 4.79 Å². The quantitative estimate of drug-likeness (QED) is 0.230. The summed E-state index contributed by atoms with van der Waals surface area (Å²) in [6, 6.07) is 0. The second kappa shape index (κ2) is 3.10. The van der Waals surface area contributed by atoms with Gasteiger partial charge in [-0.2, -0.15) is 5.90 Å². The number of carbonyl (C=O) groups is 1. The Bertz CT molecular complexity index is 81.0. The summed E-state index contributed by atoms with van der Waals surface area (Å²) >= 11 is 0. The molecule has 0 aliphatic carbocycles. The lowest BCUT2D eigenvalue weighted by atomic mass is 11.1. The second-order valence-corrected chi connectivity index (χ2v) is 0.694. The lowest BCUT2D eigenvalue weighted by Gasteiger charge is -1.89. The fraction of sp³-hybridized carbons (Fsp3) is 0. The normalized spacial score (nSPS) is 7.00. The first-order chi connectivity index (χ1) is 3.31. The van der Waals surface area contributed by atoms with Gasteiger partial charge >= 0.3 is 6.09 Å². The van der Waals surface area contributed by atoms with Crippen molar-refractivity contribution in [2.24, 2.45) is 5.90 Å². The summed E-state index contributed by atoms with van der Waals surface area (Å²) in [6.45, 7) is 0. The van der Waals surface area contributed by atoms with Gasteiger partial charge in [0.25, 0.3) is 0 Å². The van der Waals surface area contributed by atoms with Crippen LogP contribution < -0.4 is 11.2 Å². The highest BCUT2D eigenvalue weighted by molar-refractivity contribution is 5.80. The monoisotopic (exact) mass is 103 g/mol. The number of nitrogens with one attached hydrogen (secondary N) is 2. The highest BCUT2D eigenvalue weighted by Crippen LogP contribution is 1.58. The molecule has 5 heteroatoms. The van der Waals surface area contributed by atoms with Crippen molar-refractivity contribution in [1.82, 2.24) is 5.32 Å². The molecule has 40 valence electrons. The highest BCUT2D eigenvalue weighted by Gasteiger charge is 1.89. The van der Waals surface area contributed by atoms with Crippen LogP contribution in [-0.4, -0.2) is 12.4 Å². The molecule has 0 spiro atoms. The van der Waals surface area contributed by atoms with E-state index in [9.17, 15) is 4.79 Å². The molecule has 0 saturated heterocycles. The minimum absolute atomic E-state index is 0.676. The standard InChI is InChI=1S/C2H5N3O2/c3-1-5-2(6)7-4/h1H,4H2,(H2,3,5,6). The lowest BCUT2D eigenvalue weighted by Crippen LogP contribution is -2.24. The molecular weight excluding hydrogens is 98.0 g/mol. The molecule has 0 aliphatic rings. The molecule has 0 aliphatic heterocycles. The van der Waals surface area contributed by atoms with Gasteiger partial charge in [-0.3, -0.25) is 10.7 Å². The summed E-state index contributed by atoms with van der Waals surface area (Å²) in [5.74, 6) is 4.34. The summed E-state index contributed by atoms with van der Waals surface area (Å²) < 4.78 is 0. The van der Waals surface area contributed by atoms with E-state index in [4.69, 9.17) is 5.41 Å². The molecule has 0 rings (SSSR count). The van der Waals surface area contributed by atoms with E-state index in [-0.39, 0.29) is 0 Å². The minimum Gasteiger partial charge on any atom is -0.357 e. The van der Waals surface area contributed by atoms with Gasteiger partial charge in [0.2, 0.25) is 0 Å². The van der Waals surface area contributed by atoms with Gasteiger partial charge in [0, 0.05) is 0 Å². The number of amides is 1. The van der Waals surface area contributed by atoms with E-state index in [1.165, 1.54) is 0 Å². The van der Waals surface area contributed by atoms with E-state index < -0.39 is 6.09 Å². The molecule has 7 heavy (non-hydrogen) atoms. The Morgan fingerprint density at radius 2 is 2.57 bits per heavy atom. The zero-order chi connectivity index (χ0) is 5.70. The molecule has 0 fully saturated rings. The average molecular weight is 103 g/mol. The first-order valence-electron chi connectivity index (χ1n) is 1.47. The number of hydrogen-bond donors (Lipinski definition) is 3. The van der Waals surface area contributed by atoms with Crippen LogP contribution >= 0.6 is 0 Å². The fourth-order valence-corrected chi connectivity index (χ4v) is 0.0929. The van der Waals surface area contributed by atoms with E-state index in [1.54, 1.807) is 0 Å². The average Bonchev–Trinajstić information content (AvgIpc) is 1.68. The molecule has 1 amide bonds. The first-order valence-corrected chi connectivity index (χ1v) is 1.47. The molecular formula is C2H5N3O2. The summed E-state index contributed by atoms with van der Waals surface area (Å²) in [5, 5.41) is 8.09. The first kappa shape index (κ1) is 5.90. The summed E-state index contributed by atoms with van der Waals surface area (Å²) in [5.41, 5.74) is 0. The third kappa shape index (κ3) is 2.71. The number of rotatable bonds is 1. The van der Waals surface area contributed by atoms with Crippen molar-refractivity contribution in [1.29, 1.82) is 5.41 Å². The van der Waals surface area contributed by atoms with Crippen molar-refractivity contribution in [3.8, 4) is 0 Å². The third-order valence-electron chi connectivity index (χ3n) is 0.297. The van der Waals surface area contributed by atoms with Crippen LogP contribution in [0.2, 0.25) is 0 Å². The highest BCUT2D eigenvalue weighted by atomic mass is 16.7. The van der Waals surface area contributed by atoms with Crippen molar-refractivity contribution >= 4 is 12.4 Å². The van der Waals surface area contributed by atoms with Crippen LogP contribution in [0.25, 0.3) is 0 Å². The Morgan fingerprint density at radius 3 is 2.71 bits per heavy atom. The molecule has 4 N–H and O–H groups in total. The zero-order valence-corrected chi connectivity index (χ0v) is 3.47. The molecule has 0 heterocycles. The van der Waals surface area contributed by atoms with E-state index in [0.29, 0.717) is 6.34 Å². The van der Waals surface area contributed by atoms with E-state index >= 15 is 0 Å².